The Morgan fingerprint density at radius 1 is 1.13 bits per heavy atom. The van der Waals surface area contributed by atoms with Crippen molar-refractivity contribution >= 4 is 38.0 Å². The number of para-hydroxylation sites is 1. The second kappa shape index (κ2) is 8.01. The first kappa shape index (κ1) is 20.3. The minimum absolute atomic E-state index is 0.00913. The second-order valence-electron chi connectivity index (χ2n) is 6.38. The standard InChI is InChI=1S/C19H15N5O6S/c25-19-18(23-22-16-5-1-2-6-17(16)24(26)27)14-10-13(7-8-15(14)21-19)31(28,29)20-11-12-4-3-9-30-12/h1-10,20-21,25H,11H2. The first-order chi connectivity index (χ1) is 14.8. The molecule has 4 rings (SSSR count). The quantitative estimate of drug-likeness (QED) is 0.220. The van der Waals surface area contributed by atoms with E-state index in [1.54, 1.807) is 18.2 Å². The van der Waals surface area contributed by atoms with Crippen molar-refractivity contribution in [3.8, 4) is 5.88 Å². The molecule has 0 saturated heterocycles. The molecule has 0 saturated carbocycles. The number of aromatic hydroxyl groups is 1. The maximum atomic E-state index is 12.6. The van der Waals surface area contributed by atoms with Crippen molar-refractivity contribution in [1.82, 2.24) is 9.71 Å². The number of fused-ring (bicyclic) bond motifs is 1. The number of nitro groups is 1. The number of nitrogens with zero attached hydrogens (tertiary/aromatic N) is 3. The first-order valence-corrected chi connectivity index (χ1v) is 10.4. The molecule has 0 aliphatic rings. The maximum Gasteiger partial charge on any atom is 0.296 e. The Labute approximate surface area is 175 Å². The Balaban J connectivity index is 1.69. The molecule has 2 heterocycles. The second-order valence-corrected chi connectivity index (χ2v) is 8.15. The summed E-state index contributed by atoms with van der Waals surface area (Å²) in [5.41, 5.74) is 0.108. The summed E-state index contributed by atoms with van der Waals surface area (Å²) < 4.78 is 32.8. The van der Waals surface area contributed by atoms with Crippen molar-refractivity contribution in [2.45, 2.75) is 11.4 Å². The fraction of sp³-hybridized carbons (Fsp3) is 0.0526. The summed E-state index contributed by atoms with van der Waals surface area (Å²) in [5.74, 6) is 0.0957. The van der Waals surface area contributed by atoms with Gasteiger partial charge in [0, 0.05) is 11.5 Å². The molecule has 0 unspecified atom stereocenters. The number of azo groups is 1. The number of sulfonamides is 1. The number of aromatic nitrogens is 1. The third kappa shape index (κ3) is 4.15. The van der Waals surface area contributed by atoms with Crippen LogP contribution in [0.2, 0.25) is 0 Å². The highest BCUT2D eigenvalue weighted by molar-refractivity contribution is 7.89. The fourth-order valence-electron chi connectivity index (χ4n) is 2.88. The summed E-state index contributed by atoms with van der Waals surface area (Å²) in [7, 11) is -3.89. The van der Waals surface area contributed by atoms with Crippen LogP contribution in [0.5, 0.6) is 5.88 Å². The van der Waals surface area contributed by atoms with E-state index in [0.29, 0.717) is 11.3 Å². The predicted octanol–water partition coefficient (Wildman–Crippen LogP) is 4.27. The van der Waals surface area contributed by atoms with Crippen molar-refractivity contribution in [3.05, 3.63) is 76.7 Å². The highest BCUT2D eigenvalue weighted by Gasteiger charge is 2.19. The van der Waals surface area contributed by atoms with Crippen molar-refractivity contribution in [2.75, 3.05) is 0 Å². The lowest BCUT2D eigenvalue weighted by Gasteiger charge is -2.05. The van der Waals surface area contributed by atoms with E-state index in [-0.39, 0.29) is 39.8 Å². The molecule has 0 aliphatic heterocycles. The van der Waals surface area contributed by atoms with Crippen molar-refractivity contribution < 1.29 is 22.9 Å². The fourth-order valence-corrected chi connectivity index (χ4v) is 3.90. The van der Waals surface area contributed by atoms with E-state index in [9.17, 15) is 23.6 Å². The maximum absolute atomic E-state index is 12.6. The van der Waals surface area contributed by atoms with Gasteiger partial charge in [-0.25, -0.2) is 13.1 Å². The first-order valence-electron chi connectivity index (χ1n) is 8.87. The van der Waals surface area contributed by atoms with Gasteiger partial charge in [0.05, 0.1) is 28.1 Å². The molecule has 2 aromatic heterocycles. The summed E-state index contributed by atoms with van der Waals surface area (Å²) >= 11 is 0. The minimum Gasteiger partial charge on any atom is -0.493 e. The molecule has 3 N–H and O–H groups in total. The smallest absolute Gasteiger partial charge is 0.296 e. The summed E-state index contributed by atoms with van der Waals surface area (Å²) in [6.07, 6.45) is 1.44. The molecule has 4 aromatic rings. The van der Waals surface area contributed by atoms with Crippen LogP contribution in [0.4, 0.5) is 17.1 Å². The van der Waals surface area contributed by atoms with Gasteiger partial charge in [-0.2, -0.15) is 0 Å². The summed E-state index contributed by atoms with van der Waals surface area (Å²) in [5, 5.41) is 29.4. The minimum atomic E-state index is -3.89. The van der Waals surface area contributed by atoms with E-state index in [1.807, 2.05) is 0 Å². The number of nitrogens with one attached hydrogen (secondary N) is 2. The van der Waals surface area contributed by atoms with Crippen molar-refractivity contribution in [1.29, 1.82) is 0 Å². The van der Waals surface area contributed by atoms with Crippen LogP contribution in [-0.2, 0) is 16.6 Å². The Morgan fingerprint density at radius 2 is 1.94 bits per heavy atom. The number of rotatable bonds is 7. The van der Waals surface area contributed by atoms with Gasteiger partial charge < -0.3 is 14.5 Å². The van der Waals surface area contributed by atoms with E-state index in [2.05, 4.69) is 19.9 Å². The zero-order valence-electron chi connectivity index (χ0n) is 15.7. The number of hydrogen-bond acceptors (Lipinski definition) is 8. The van der Waals surface area contributed by atoms with Gasteiger partial charge in [0.25, 0.3) is 5.69 Å². The van der Waals surface area contributed by atoms with Crippen LogP contribution in [0.1, 0.15) is 5.76 Å². The zero-order chi connectivity index (χ0) is 22.0. The monoisotopic (exact) mass is 441 g/mol. The highest BCUT2D eigenvalue weighted by atomic mass is 32.2. The molecule has 0 atom stereocenters. The van der Waals surface area contributed by atoms with Crippen LogP contribution in [0, 0.1) is 10.1 Å². The average Bonchev–Trinajstić information content (AvgIpc) is 3.37. The molecule has 0 aliphatic carbocycles. The predicted molar refractivity (Wildman–Crippen MR) is 110 cm³/mol. The molecule has 2 aromatic carbocycles. The van der Waals surface area contributed by atoms with Gasteiger partial charge in [-0.05, 0) is 36.4 Å². The van der Waals surface area contributed by atoms with Gasteiger partial charge in [-0.3, -0.25) is 10.1 Å². The van der Waals surface area contributed by atoms with E-state index in [0.717, 1.165) is 0 Å². The molecule has 0 amide bonds. The van der Waals surface area contributed by atoms with Crippen LogP contribution in [0.25, 0.3) is 10.9 Å². The molecule has 0 spiro atoms. The molecular weight excluding hydrogens is 426 g/mol. The van der Waals surface area contributed by atoms with E-state index in [4.69, 9.17) is 4.42 Å². The molecule has 31 heavy (non-hydrogen) atoms. The topological polar surface area (TPSA) is 163 Å². The summed E-state index contributed by atoms with van der Waals surface area (Å²) in [6, 6.07) is 13.2. The number of aromatic amines is 1. The molecular formula is C19H15N5O6S. The number of benzene rings is 2. The van der Waals surface area contributed by atoms with Gasteiger partial charge in [0.2, 0.25) is 15.9 Å². The SMILES string of the molecule is O=[N+]([O-])c1ccccc1N=Nc1c(O)[nH]c2ccc(S(=O)(=O)NCc3ccco3)cc12. The van der Waals surface area contributed by atoms with Crippen LogP contribution in [0.15, 0.2) is 80.4 Å². The molecule has 0 bridgehead atoms. The van der Waals surface area contributed by atoms with Crippen molar-refractivity contribution in [2.24, 2.45) is 10.2 Å². The number of nitro benzene ring substituents is 1. The van der Waals surface area contributed by atoms with Crippen LogP contribution >= 0.6 is 0 Å². The molecule has 0 radical (unpaired) electrons. The third-order valence-electron chi connectivity index (χ3n) is 4.39. The Hall–Kier alpha value is -4.03. The third-order valence-corrected chi connectivity index (χ3v) is 5.79. The van der Waals surface area contributed by atoms with Gasteiger partial charge in [0.15, 0.2) is 11.4 Å². The van der Waals surface area contributed by atoms with Crippen LogP contribution in [-0.4, -0.2) is 23.4 Å². The van der Waals surface area contributed by atoms with Gasteiger partial charge in [-0.1, -0.05) is 12.1 Å². The number of hydrogen-bond donors (Lipinski definition) is 3. The zero-order valence-corrected chi connectivity index (χ0v) is 16.5. The van der Waals surface area contributed by atoms with E-state index in [1.165, 1.54) is 42.7 Å². The summed E-state index contributed by atoms with van der Waals surface area (Å²) in [6.45, 7) is -0.0317. The van der Waals surface area contributed by atoms with Gasteiger partial charge >= 0.3 is 0 Å². The lowest BCUT2D eigenvalue weighted by atomic mass is 10.2. The number of H-pyrrole nitrogens is 1. The van der Waals surface area contributed by atoms with Gasteiger partial charge in [0.1, 0.15) is 5.76 Å². The highest BCUT2D eigenvalue weighted by Crippen LogP contribution is 2.38. The lowest BCUT2D eigenvalue weighted by Crippen LogP contribution is -2.22. The van der Waals surface area contributed by atoms with Gasteiger partial charge in [-0.15, -0.1) is 10.2 Å². The average molecular weight is 441 g/mol. The Bertz CT molecular complexity index is 1390. The summed E-state index contributed by atoms with van der Waals surface area (Å²) in [4.78, 5) is 13.1. The van der Waals surface area contributed by atoms with E-state index >= 15 is 0 Å². The molecule has 11 nitrogen and oxygen atoms in total. The normalized spacial score (nSPS) is 12.0. The van der Waals surface area contributed by atoms with E-state index < -0.39 is 14.9 Å². The van der Waals surface area contributed by atoms with Crippen LogP contribution < -0.4 is 4.72 Å². The Kier molecular flexibility index (Phi) is 5.23. The van der Waals surface area contributed by atoms with Crippen molar-refractivity contribution in [3.63, 3.8) is 0 Å². The number of furan rings is 1. The largest absolute Gasteiger partial charge is 0.493 e. The molecule has 0 fully saturated rings. The lowest BCUT2D eigenvalue weighted by molar-refractivity contribution is -0.384. The van der Waals surface area contributed by atoms with Crippen LogP contribution in [0.3, 0.4) is 0 Å². The molecule has 158 valence electrons. The Morgan fingerprint density at radius 3 is 2.68 bits per heavy atom. The molecule has 12 heteroatoms.